The average Bonchev–Trinajstić information content (AvgIpc) is 2.49. The monoisotopic (exact) mass is 343 g/mol. The molecular weight excluding hydrogens is 322 g/mol. The molecule has 25 heavy (non-hydrogen) atoms. The highest BCUT2D eigenvalue weighted by atomic mass is 16.6. The summed E-state index contributed by atoms with van der Waals surface area (Å²) in [6.45, 7) is 6.82. The molecule has 0 radical (unpaired) electrons. The Bertz CT molecular complexity index is 734. The number of pyridine rings is 1. The molecule has 0 spiro atoms. The quantitative estimate of drug-likeness (QED) is 0.869. The number of hydrogen-bond donors (Lipinski definition) is 2. The van der Waals surface area contributed by atoms with Gasteiger partial charge in [-0.15, -0.1) is 0 Å². The summed E-state index contributed by atoms with van der Waals surface area (Å²) in [6.07, 6.45) is 0.997. The van der Waals surface area contributed by atoms with Crippen molar-refractivity contribution < 1.29 is 19.1 Å². The minimum Gasteiger partial charge on any atom is -0.456 e. The van der Waals surface area contributed by atoms with Crippen LogP contribution in [0.5, 0.6) is 11.5 Å². The molecule has 132 valence electrons. The van der Waals surface area contributed by atoms with Crippen molar-refractivity contribution in [2.75, 3.05) is 10.6 Å². The SMILES string of the molecule is CC(=O)Nc1ccc(Oc2ccc(NC(=O)OC(C)(C)C)cc2)cn1. The van der Waals surface area contributed by atoms with Crippen LogP contribution < -0.4 is 15.4 Å². The normalized spacial score (nSPS) is 10.7. The molecule has 0 aliphatic rings. The number of aromatic nitrogens is 1. The zero-order chi connectivity index (χ0) is 18.4. The van der Waals surface area contributed by atoms with Crippen LogP contribution in [0.2, 0.25) is 0 Å². The largest absolute Gasteiger partial charge is 0.456 e. The Kier molecular flexibility index (Phi) is 5.59. The third-order valence-corrected chi connectivity index (χ3v) is 2.78. The summed E-state index contributed by atoms with van der Waals surface area (Å²) >= 11 is 0. The van der Waals surface area contributed by atoms with Gasteiger partial charge in [0.1, 0.15) is 22.9 Å². The maximum absolute atomic E-state index is 11.7. The van der Waals surface area contributed by atoms with Crippen molar-refractivity contribution in [3.8, 4) is 11.5 Å². The molecule has 7 nitrogen and oxygen atoms in total. The fourth-order valence-corrected chi connectivity index (χ4v) is 1.86. The fraction of sp³-hybridized carbons (Fsp3) is 0.278. The molecule has 0 aliphatic carbocycles. The number of carbonyl (C=O) groups excluding carboxylic acids is 2. The third kappa shape index (κ3) is 6.50. The number of nitrogens with one attached hydrogen (secondary N) is 2. The van der Waals surface area contributed by atoms with Crippen LogP contribution in [0, 0.1) is 0 Å². The minimum absolute atomic E-state index is 0.186. The fourth-order valence-electron chi connectivity index (χ4n) is 1.86. The summed E-state index contributed by atoms with van der Waals surface area (Å²) in [5, 5.41) is 5.23. The Morgan fingerprint density at radius 2 is 1.60 bits per heavy atom. The number of nitrogens with zero attached hydrogens (tertiary/aromatic N) is 1. The summed E-state index contributed by atoms with van der Waals surface area (Å²) in [4.78, 5) is 26.7. The van der Waals surface area contributed by atoms with E-state index in [-0.39, 0.29) is 5.91 Å². The van der Waals surface area contributed by atoms with Gasteiger partial charge in [0.2, 0.25) is 5.91 Å². The first-order chi connectivity index (χ1) is 11.7. The van der Waals surface area contributed by atoms with Crippen LogP contribution in [0.1, 0.15) is 27.7 Å². The van der Waals surface area contributed by atoms with Gasteiger partial charge < -0.3 is 14.8 Å². The summed E-state index contributed by atoms with van der Waals surface area (Å²) < 4.78 is 10.8. The van der Waals surface area contributed by atoms with Crippen molar-refractivity contribution in [2.45, 2.75) is 33.3 Å². The van der Waals surface area contributed by atoms with E-state index in [1.165, 1.54) is 13.1 Å². The van der Waals surface area contributed by atoms with E-state index in [9.17, 15) is 9.59 Å². The van der Waals surface area contributed by atoms with Crippen molar-refractivity contribution in [3.63, 3.8) is 0 Å². The van der Waals surface area contributed by atoms with E-state index >= 15 is 0 Å². The first-order valence-corrected chi connectivity index (χ1v) is 7.73. The Balaban J connectivity index is 1.93. The molecule has 0 fully saturated rings. The van der Waals surface area contributed by atoms with Crippen LogP contribution in [0.15, 0.2) is 42.6 Å². The molecular formula is C18H21N3O4. The first kappa shape index (κ1) is 18.3. The zero-order valence-corrected chi connectivity index (χ0v) is 14.6. The maximum Gasteiger partial charge on any atom is 0.412 e. The number of rotatable bonds is 4. The Hall–Kier alpha value is -3.09. The molecule has 0 aliphatic heterocycles. The smallest absolute Gasteiger partial charge is 0.412 e. The number of hydrogen-bond acceptors (Lipinski definition) is 5. The zero-order valence-electron chi connectivity index (χ0n) is 14.6. The Morgan fingerprint density at radius 3 is 2.12 bits per heavy atom. The summed E-state index contributed by atoms with van der Waals surface area (Å²) in [5.74, 6) is 1.39. The Labute approximate surface area is 146 Å². The van der Waals surface area contributed by atoms with Gasteiger partial charge in [0, 0.05) is 12.6 Å². The summed E-state index contributed by atoms with van der Waals surface area (Å²) in [5.41, 5.74) is 0.0459. The van der Waals surface area contributed by atoms with E-state index in [0.717, 1.165) is 0 Å². The van der Waals surface area contributed by atoms with Gasteiger partial charge in [-0.1, -0.05) is 0 Å². The van der Waals surface area contributed by atoms with Crippen molar-refractivity contribution in [1.82, 2.24) is 4.98 Å². The van der Waals surface area contributed by atoms with Gasteiger partial charge in [0.15, 0.2) is 0 Å². The van der Waals surface area contributed by atoms with Gasteiger partial charge in [-0.2, -0.15) is 0 Å². The topological polar surface area (TPSA) is 89.6 Å². The molecule has 0 atom stereocenters. The van der Waals surface area contributed by atoms with Crippen molar-refractivity contribution in [3.05, 3.63) is 42.6 Å². The lowest BCUT2D eigenvalue weighted by molar-refractivity contribution is -0.114. The predicted molar refractivity (Wildman–Crippen MR) is 94.9 cm³/mol. The molecule has 1 aromatic carbocycles. The Morgan fingerprint density at radius 1 is 0.960 bits per heavy atom. The molecule has 2 aromatic rings. The number of amides is 2. The van der Waals surface area contributed by atoms with E-state index in [4.69, 9.17) is 9.47 Å². The number of ether oxygens (including phenoxy) is 2. The number of benzene rings is 1. The predicted octanol–water partition coefficient (Wildman–Crippen LogP) is 4.18. The van der Waals surface area contributed by atoms with E-state index < -0.39 is 11.7 Å². The molecule has 0 unspecified atom stereocenters. The molecule has 7 heteroatoms. The standard InChI is InChI=1S/C18H21N3O4/c1-12(22)20-16-10-9-15(11-19-16)24-14-7-5-13(6-8-14)21-17(23)25-18(2,3)4/h5-11H,1-4H3,(H,21,23)(H,19,20,22). The molecule has 2 amide bonds. The second kappa shape index (κ2) is 7.65. The minimum atomic E-state index is -0.552. The van der Waals surface area contributed by atoms with Crippen molar-refractivity contribution in [2.24, 2.45) is 0 Å². The van der Waals surface area contributed by atoms with Crippen LogP contribution >= 0.6 is 0 Å². The van der Waals surface area contributed by atoms with Crippen LogP contribution in [0.25, 0.3) is 0 Å². The van der Waals surface area contributed by atoms with Crippen LogP contribution in [0.3, 0.4) is 0 Å². The second-order valence-electron chi connectivity index (χ2n) is 6.31. The number of anilines is 2. The second-order valence-corrected chi connectivity index (χ2v) is 6.31. The molecule has 0 saturated carbocycles. The highest BCUT2D eigenvalue weighted by molar-refractivity contribution is 5.87. The van der Waals surface area contributed by atoms with E-state index in [1.54, 1.807) is 57.2 Å². The van der Waals surface area contributed by atoms with Crippen molar-refractivity contribution in [1.29, 1.82) is 0 Å². The lowest BCUT2D eigenvalue weighted by Crippen LogP contribution is -2.27. The third-order valence-electron chi connectivity index (χ3n) is 2.78. The molecule has 0 saturated heterocycles. The summed E-state index contributed by atoms with van der Waals surface area (Å²) in [7, 11) is 0. The van der Waals surface area contributed by atoms with E-state index in [2.05, 4.69) is 15.6 Å². The molecule has 1 heterocycles. The summed E-state index contributed by atoms with van der Waals surface area (Å²) in [6, 6.07) is 10.2. The van der Waals surface area contributed by atoms with Crippen LogP contribution in [0.4, 0.5) is 16.3 Å². The van der Waals surface area contributed by atoms with Gasteiger partial charge >= 0.3 is 6.09 Å². The number of carbonyl (C=O) groups is 2. The molecule has 1 aromatic heterocycles. The van der Waals surface area contributed by atoms with Gasteiger partial charge in [-0.05, 0) is 57.2 Å². The molecule has 2 rings (SSSR count). The van der Waals surface area contributed by atoms with Gasteiger partial charge in [-0.3, -0.25) is 10.1 Å². The van der Waals surface area contributed by atoms with Crippen LogP contribution in [-0.4, -0.2) is 22.6 Å². The lowest BCUT2D eigenvalue weighted by Gasteiger charge is -2.19. The van der Waals surface area contributed by atoms with Gasteiger partial charge in [0.25, 0.3) is 0 Å². The van der Waals surface area contributed by atoms with Gasteiger partial charge in [0.05, 0.1) is 6.20 Å². The molecule has 0 bridgehead atoms. The van der Waals surface area contributed by atoms with Gasteiger partial charge in [-0.25, -0.2) is 9.78 Å². The maximum atomic E-state index is 11.7. The first-order valence-electron chi connectivity index (χ1n) is 7.73. The van der Waals surface area contributed by atoms with Crippen molar-refractivity contribution >= 4 is 23.5 Å². The van der Waals surface area contributed by atoms with E-state index in [0.29, 0.717) is 23.0 Å². The van der Waals surface area contributed by atoms with E-state index in [1.807, 2.05) is 0 Å². The van der Waals surface area contributed by atoms with Crippen LogP contribution in [-0.2, 0) is 9.53 Å². The highest BCUT2D eigenvalue weighted by Crippen LogP contribution is 2.23. The lowest BCUT2D eigenvalue weighted by atomic mass is 10.2. The highest BCUT2D eigenvalue weighted by Gasteiger charge is 2.16. The molecule has 2 N–H and O–H groups in total. The average molecular weight is 343 g/mol.